The highest BCUT2D eigenvalue weighted by atomic mass is 16.4. The highest BCUT2D eigenvalue weighted by Crippen LogP contribution is 2.04. The number of rotatable bonds is 8. The molecule has 5 nitrogen and oxygen atoms in total. The normalized spacial score (nSPS) is 14.2. The van der Waals surface area contributed by atoms with Crippen molar-refractivity contribution in [3.63, 3.8) is 0 Å². The van der Waals surface area contributed by atoms with Crippen molar-refractivity contribution >= 4 is 11.9 Å². The number of carbonyl (C=O) groups is 2. The molecule has 0 saturated carbocycles. The van der Waals surface area contributed by atoms with Crippen LogP contribution < -0.4 is 10.6 Å². The lowest BCUT2D eigenvalue weighted by molar-refractivity contribution is -0.137. The minimum absolute atomic E-state index is 0.00808. The summed E-state index contributed by atoms with van der Waals surface area (Å²) in [5.74, 6) is -1.10. The number of nitrogens with one attached hydrogen (secondary N) is 2. The largest absolute Gasteiger partial charge is 0.481 e. The summed E-state index contributed by atoms with van der Waals surface area (Å²) in [6.45, 7) is 4.38. The van der Waals surface area contributed by atoms with Gasteiger partial charge < -0.3 is 15.7 Å². The van der Waals surface area contributed by atoms with Crippen LogP contribution >= 0.6 is 0 Å². The van der Waals surface area contributed by atoms with Crippen molar-refractivity contribution in [3.05, 3.63) is 0 Å². The van der Waals surface area contributed by atoms with Crippen LogP contribution in [0.4, 0.5) is 0 Å². The summed E-state index contributed by atoms with van der Waals surface area (Å²) < 4.78 is 0. The van der Waals surface area contributed by atoms with Gasteiger partial charge in [0.05, 0.1) is 6.42 Å². The van der Waals surface area contributed by atoms with Crippen molar-refractivity contribution in [3.8, 4) is 0 Å². The maximum absolute atomic E-state index is 11.7. The first kappa shape index (κ1) is 14.9. The van der Waals surface area contributed by atoms with E-state index < -0.39 is 5.97 Å². The molecular weight excluding hydrogens is 208 g/mol. The first-order valence-corrected chi connectivity index (χ1v) is 5.68. The summed E-state index contributed by atoms with van der Waals surface area (Å²) >= 11 is 0. The van der Waals surface area contributed by atoms with Gasteiger partial charge in [-0.15, -0.1) is 0 Å². The number of carboxylic acids is 1. The predicted molar refractivity (Wildman–Crippen MR) is 62.2 cm³/mol. The molecule has 0 bridgehead atoms. The average molecular weight is 230 g/mol. The Kier molecular flexibility index (Phi) is 7.54. The van der Waals surface area contributed by atoms with Crippen molar-refractivity contribution in [1.29, 1.82) is 0 Å². The quantitative estimate of drug-likeness (QED) is 0.570. The van der Waals surface area contributed by atoms with Crippen LogP contribution in [0.3, 0.4) is 0 Å². The highest BCUT2D eigenvalue weighted by molar-refractivity contribution is 5.79. The van der Waals surface area contributed by atoms with Crippen molar-refractivity contribution < 1.29 is 14.7 Å². The van der Waals surface area contributed by atoms with Gasteiger partial charge in [-0.1, -0.05) is 20.3 Å². The highest BCUT2D eigenvalue weighted by Gasteiger charge is 2.18. The van der Waals surface area contributed by atoms with Crippen LogP contribution in [-0.2, 0) is 9.59 Å². The fourth-order valence-corrected chi connectivity index (χ4v) is 1.53. The Balaban J connectivity index is 4.16. The Hall–Kier alpha value is -1.10. The Morgan fingerprint density at radius 1 is 1.38 bits per heavy atom. The van der Waals surface area contributed by atoms with E-state index in [1.54, 1.807) is 7.05 Å². The number of carbonyl (C=O) groups excluding carboxylic acids is 1. The van der Waals surface area contributed by atoms with Crippen molar-refractivity contribution in [1.82, 2.24) is 10.6 Å². The molecule has 0 aliphatic heterocycles. The molecule has 0 aliphatic carbocycles. The fraction of sp³-hybridized carbons (Fsp3) is 0.818. The zero-order valence-corrected chi connectivity index (χ0v) is 10.2. The average Bonchev–Trinajstić information content (AvgIpc) is 2.17. The van der Waals surface area contributed by atoms with E-state index in [2.05, 4.69) is 10.6 Å². The topological polar surface area (TPSA) is 78.4 Å². The van der Waals surface area contributed by atoms with Gasteiger partial charge in [-0.05, 0) is 13.5 Å². The number of aliphatic carboxylic acids is 1. The van der Waals surface area contributed by atoms with E-state index in [1.807, 2.05) is 13.8 Å². The second-order valence-corrected chi connectivity index (χ2v) is 4.05. The molecule has 0 aromatic rings. The Bertz CT molecular complexity index is 231. The van der Waals surface area contributed by atoms with Gasteiger partial charge >= 0.3 is 5.97 Å². The third-order valence-electron chi connectivity index (χ3n) is 2.36. The smallest absolute Gasteiger partial charge is 0.305 e. The Morgan fingerprint density at radius 3 is 2.44 bits per heavy atom. The first-order chi connectivity index (χ1) is 7.51. The molecule has 0 spiro atoms. The standard InChI is InChI=1S/C11H22N2O3/c1-4-5-9(6-10(14)15)13-11(16)8(2)7-12-3/h8-9,12H,4-7H2,1-3H3,(H,13,16)(H,14,15). The molecule has 2 unspecified atom stereocenters. The summed E-state index contributed by atoms with van der Waals surface area (Å²) in [5.41, 5.74) is 0. The van der Waals surface area contributed by atoms with Crippen molar-refractivity contribution in [2.24, 2.45) is 5.92 Å². The molecule has 16 heavy (non-hydrogen) atoms. The molecule has 1 amide bonds. The van der Waals surface area contributed by atoms with Crippen LogP contribution in [0.25, 0.3) is 0 Å². The second kappa shape index (κ2) is 8.10. The molecule has 0 aliphatic rings. The summed E-state index contributed by atoms with van der Waals surface area (Å²) in [6.07, 6.45) is 1.55. The fourth-order valence-electron chi connectivity index (χ4n) is 1.53. The Labute approximate surface area is 96.6 Å². The molecule has 0 aromatic carbocycles. The second-order valence-electron chi connectivity index (χ2n) is 4.05. The monoisotopic (exact) mass is 230 g/mol. The summed E-state index contributed by atoms with van der Waals surface area (Å²) in [4.78, 5) is 22.3. The van der Waals surface area contributed by atoms with Crippen molar-refractivity contribution in [2.75, 3.05) is 13.6 Å². The van der Waals surface area contributed by atoms with Crippen molar-refractivity contribution in [2.45, 2.75) is 39.2 Å². The van der Waals surface area contributed by atoms with Crippen LogP contribution in [-0.4, -0.2) is 36.6 Å². The molecule has 0 fully saturated rings. The maximum atomic E-state index is 11.7. The Morgan fingerprint density at radius 2 is 2.00 bits per heavy atom. The lowest BCUT2D eigenvalue weighted by Crippen LogP contribution is -2.41. The first-order valence-electron chi connectivity index (χ1n) is 5.68. The SMILES string of the molecule is CCCC(CC(=O)O)NC(=O)C(C)CNC. The number of hydrogen-bond donors (Lipinski definition) is 3. The molecule has 0 rings (SSSR count). The molecule has 0 radical (unpaired) electrons. The zero-order valence-electron chi connectivity index (χ0n) is 10.2. The number of amides is 1. The van der Waals surface area contributed by atoms with Crippen LogP contribution in [0.15, 0.2) is 0 Å². The van der Waals surface area contributed by atoms with Gasteiger partial charge in [-0.3, -0.25) is 9.59 Å². The van der Waals surface area contributed by atoms with Gasteiger partial charge in [0.25, 0.3) is 0 Å². The molecule has 5 heteroatoms. The molecule has 0 saturated heterocycles. The van der Waals surface area contributed by atoms with Gasteiger partial charge in [0.2, 0.25) is 5.91 Å². The van der Waals surface area contributed by atoms with Crippen LogP contribution in [0, 0.1) is 5.92 Å². The van der Waals surface area contributed by atoms with Gasteiger partial charge in [0, 0.05) is 18.5 Å². The van der Waals surface area contributed by atoms with E-state index in [1.165, 1.54) is 0 Å². The third-order valence-corrected chi connectivity index (χ3v) is 2.36. The third kappa shape index (κ3) is 6.40. The van der Waals surface area contributed by atoms with E-state index >= 15 is 0 Å². The number of hydrogen-bond acceptors (Lipinski definition) is 3. The van der Waals surface area contributed by atoms with E-state index in [9.17, 15) is 9.59 Å². The van der Waals surface area contributed by atoms with Gasteiger partial charge in [-0.2, -0.15) is 0 Å². The molecule has 0 heterocycles. The molecule has 2 atom stereocenters. The lowest BCUT2D eigenvalue weighted by atomic mass is 10.1. The molecule has 94 valence electrons. The summed E-state index contributed by atoms with van der Waals surface area (Å²) in [7, 11) is 1.78. The minimum atomic E-state index is -0.875. The molecular formula is C11H22N2O3. The predicted octanol–water partition coefficient (Wildman–Crippen LogP) is 0.602. The summed E-state index contributed by atoms with van der Waals surface area (Å²) in [5, 5.41) is 14.4. The molecule has 0 aromatic heterocycles. The van der Waals surface area contributed by atoms with E-state index in [4.69, 9.17) is 5.11 Å². The van der Waals surface area contributed by atoms with E-state index in [0.717, 1.165) is 6.42 Å². The van der Waals surface area contributed by atoms with Gasteiger partial charge in [0.1, 0.15) is 0 Å². The maximum Gasteiger partial charge on any atom is 0.305 e. The van der Waals surface area contributed by atoms with E-state index in [0.29, 0.717) is 13.0 Å². The molecule has 3 N–H and O–H groups in total. The van der Waals surface area contributed by atoms with Gasteiger partial charge in [-0.25, -0.2) is 0 Å². The van der Waals surface area contributed by atoms with E-state index in [-0.39, 0.29) is 24.3 Å². The number of carboxylic acid groups (broad SMARTS) is 1. The van der Waals surface area contributed by atoms with Crippen LogP contribution in [0.5, 0.6) is 0 Å². The zero-order chi connectivity index (χ0) is 12.6. The minimum Gasteiger partial charge on any atom is -0.481 e. The lowest BCUT2D eigenvalue weighted by Gasteiger charge is -2.19. The van der Waals surface area contributed by atoms with Crippen LogP contribution in [0.1, 0.15) is 33.1 Å². The summed E-state index contributed by atoms with van der Waals surface area (Å²) in [6, 6.07) is -0.255. The van der Waals surface area contributed by atoms with Gasteiger partial charge in [0.15, 0.2) is 0 Å². The van der Waals surface area contributed by atoms with Crippen LogP contribution in [0.2, 0.25) is 0 Å².